The summed E-state index contributed by atoms with van der Waals surface area (Å²) >= 11 is 0. The van der Waals surface area contributed by atoms with Gasteiger partial charge in [0, 0.05) is 20.0 Å². The lowest BCUT2D eigenvalue weighted by atomic mass is 10.1. The number of hydrogen-bond acceptors (Lipinski definition) is 6. The van der Waals surface area contributed by atoms with Gasteiger partial charge in [0.1, 0.15) is 6.61 Å². The summed E-state index contributed by atoms with van der Waals surface area (Å²) in [5.74, 6) is 1.03. The Morgan fingerprint density at radius 1 is 1.50 bits per heavy atom. The number of likely N-dealkylation sites (tertiary alicyclic amines) is 1. The van der Waals surface area contributed by atoms with E-state index in [1.54, 1.807) is 18.1 Å². The standard InChI is InChI=1S/C13H17N3O4/c1-9-14-15-12(20-9)8-19-10-6-16(7-10)13(17)11-4-2-3-5-18-11/h3,5,10-11H,2,4,6-8H2,1H3. The first-order chi connectivity index (χ1) is 9.72. The molecule has 108 valence electrons. The molecule has 1 atom stereocenters. The fourth-order valence-electron chi connectivity index (χ4n) is 2.23. The third-order valence-electron chi connectivity index (χ3n) is 3.38. The Hall–Kier alpha value is -1.89. The molecule has 0 saturated carbocycles. The van der Waals surface area contributed by atoms with Crippen LogP contribution in [0.1, 0.15) is 24.6 Å². The Labute approximate surface area is 116 Å². The van der Waals surface area contributed by atoms with Crippen molar-refractivity contribution >= 4 is 5.91 Å². The van der Waals surface area contributed by atoms with Crippen molar-refractivity contribution in [1.29, 1.82) is 0 Å². The maximum Gasteiger partial charge on any atom is 0.263 e. The fourth-order valence-corrected chi connectivity index (χ4v) is 2.23. The Kier molecular flexibility index (Phi) is 3.68. The van der Waals surface area contributed by atoms with Crippen molar-refractivity contribution in [3.63, 3.8) is 0 Å². The molecule has 3 rings (SSSR count). The van der Waals surface area contributed by atoms with Crippen molar-refractivity contribution in [2.45, 2.75) is 38.6 Å². The second kappa shape index (κ2) is 5.62. The van der Waals surface area contributed by atoms with E-state index in [0.717, 1.165) is 12.8 Å². The summed E-state index contributed by atoms with van der Waals surface area (Å²) in [6.07, 6.45) is 4.87. The number of nitrogens with zero attached hydrogens (tertiary/aromatic N) is 3. The molecule has 1 fully saturated rings. The number of carbonyl (C=O) groups is 1. The van der Waals surface area contributed by atoms with Crippen LogP contribution in [-0.4, -0.2) is 46.3 Å². The van der Waals surface area contributed by atoms with Gasteiger partial charge >= 0.3 is 0 Å². The molecule has 0 aromatic carbocycles. The molecular weight excluding hydrogens is 262 g/mol. The van der Waals surface area contributed by atoms with Crippen molar-refractivity contribution < 1.29 is 18.7 Å². The van der Waals surface area contributed by atoms with E-state index in [1.807, 2.05) is 6.08 Å². The average Bonchev–Trinajstić information content (AvgIpc) is 2.83. The number of ether oxygens (including phenoxy) is 2. The second-order valence-corrected chi connectivity index (χ2v) is 4.96. The maximum absolute atomic E-state index is 12.1. The van der Waals surface area contributed by atoms with Gasteiger partial charge in [-0.25, -0.2) is 0 Å². The van der Waals surface area contributed by atoms with Gasteiger partial charge in [0.25, 0.3) is 5.91 Å². The van der Waals surface area contributed by atoms with Crippen molar-refractivity contribution in [3.8, 4) is 0 Å². The maximum atomic E-state index is 12.1. The van der Waals surface area contributed by atoms with E-state index >= 15 is 0 Å². The lowest BCUT2D eigenvalue weighted by Gasteiger charge is -2.40. The van der Waals surface area contributed by atoms with Gasteiger partial charge in [-0.1, -0.05) is 0 Å². The molecular formula is C13H17N3O4. The van der Waals surface area contributed by atoms with Crippen LogP contribution in [0.3, 0.4) is 0 Å². The molecule has 1 amide bonds. The van der Waals surface area contributed by atoms with Crippen molar-refractivity contribution in [2.24, 2.45) is 0 Å². The topological polar surface area (TPSA) is 77.7 Å². The van der Waals surface area contributed by atoms with Crippen LogP contribution in [-0.2, 0) is 20.9 Å². The van der Waals surface area contributed by atoms with Crippen molar-refractivity contribution in [2.75, 3.05) is 13.1 Å². The molecule has 0 bridgehead atoms. The van der Waals surface area contributed by atoms with Crippen LogP contribution >= 0.6 is 0 Å². The molecule has 3 heterocycles. The Morgan fingerprint density at radius 3 is 3.00 bits per heavy atom. The van der Waals surface area contributed by atoms with E-state index in [2.05, 4.69) is 10.2 Å². The highest BCUT2D eigenvalue weighted by Gasteiger charge is 2.36. The van der Waals surface area contributed by atoms with Gasteiger partial charge < -0.3 is 18.8 Å². The molecule has 7 heteroatoms. The van der Waals surface area contributed by atoms with Gasteiger partial charge in [-0.2, -0.15) is 0 Å². The van der Waals surface area contributed by atoms with Gasteiger partial charge in [-0.3, -0.25) is 4.79 Å². The van der Waals surface area contributed by atoms with Crippen molar-refractivity contribution in [3.05, 3.63) is 24.1 Å². The molecule has 2 aliphatic heterocycles. The molecule has 1 aromatic heterocycles. The zero-order valence-corrected chi connectivity index (χ0v) is 11.3. The SMILES string of the molecule is Cc1nnc(COC2CN(C(=O)C3CCC=CO3)C2)o1. The summed E-state index contributed by atoms with van der Waals surface area (Å²) in [4.78, 5) is 13.8. The summed E-state index contributed by atoms with van der Waals surface area (Å²) in [7, 11) is 0. The van der Waals surface area contributed by atoms with Gasteiger partial charge in [0.05, 0.1) is 12.4 Å². The van der Waals surface area contributed by atoms with E-state index < -0.39 is 0 Å². The second-order valence-electron chi connectivity index (χ2n) is 4.96. The number of allylic oxidation sites excluding steroid dienone is 1. The highest BCUT2D eigenvalue weighted by atomic mass is 16.5. The first-order valence-corrected chi connectivity index (χ1v) is 6.72. The number of rotatable bonds is 4. The van der Waals surface area contributed by atoms with Crippen LogP contribution in [0.5, 0.6) is 0 Å². The summed E-state index contributed by atoms with van der Waals surface area (Å²) in [6.45, 7) is 3.21. The summed E-state index contributed by atoms with van der Waals surface area (Å²) in [5.41, 5.74) is 0. The lowest BCUT2D eigenvalue weighted by Crippen LogP contribution is -2.57. The van der Waals surface area contributed by atoms with Gasteiger partial charge in [-0.15, -0.1) is 10.2 Å². The molecule has 0 aliphatic carbocycles. The normalized spacial score (nSPS) is 22.4. The Balaban J connectivity index is 1.40. The molecule has 2 aliphatic rings. The molecule has 1 unspecified atom stereocenters. The molecule has 20 heavy (non-hydrogen) atoms. The number of hydrogen-bond donors (Lipinski definition) is 0. The first kappa shape index (κ1) is 13.1. The Bertz CT molecular complexity index is 507. The lowest BCUT2D eigenvalue weighted by molar-refractivity contribution is -0.156. The molecule has 1 saturated heterocycles. The van der Waals surface area contributed by atoms with Gasteiger partial charge in [-0.05, 0) is 18.9 Å². The van der Waals surface area contributed by atoms with Gasteiger partial charge in [0.15, 0.2) is 6.10 Å². The minimum absolute atomic E-state index is 0.0327. The highest BCUT2D eigenvalue weighted by Crippen LogP contribution is 2.19. The van der Waals surface area contributed by atoms with Crippen LogP contribution in [0.4, 0.5) is 0 Å². The monoisotopic (exact) mass is 279 g/mol. The van der Waals surface area contributed by atoms with E-state index in [4.69, 9.17) is 13.9 Å². The number of aryl methyl sites for hydroxylation is 1. The third-order valence-corrected chi connectivity index (χ3v) is 3.38. The summed E-state index contributed by atoms with van der Waals surface area (Å²) in [6, 6.07) is 0. The summed E-state index contributed by atoms with van der Waals surface area (Å²) in [5, 5.41) is 7.58. The van der Waals surface area contributed by atoms with Crippen LogP contribution < -0.4 is 0 Å². The van der Waals surface area contributed by atoms with Gasteiger partial charge in [0.2, 0.25) is 11.8 Å². The van der Waals surface area contributed by atoms with Crippen LogP contribution in [0.2, 0.25) is 0 Å². The highest BCUT2D eigenvalue weighted by molar-refractivity contribution is 5.82. The molecule has 0 N–H and O–H groups in total. The van der Waals surface area contributed by atoms with Crippen LogP contribution in [0.15, 0.2) is 16.8 Å². The van der Waals surface area contributed by atoms with E-state index in [0.29, 0.717) is 24.9 Å². The van der Waals surface area contributed by atoms with Crippen LogP contribution in [0, 0.1) is 6.92 Å². The fraction of sp³-hybridized carbons (Fsp3) is 0.615. The number of carbonyl (C=O) groups excluding carboxylic acids is 1. The minimum atomic E-state index is -0.334. The Morgan fingerprint density at radius 2 is 2.35 bits per heavy atom. The third kappa shape index (κ3) is 2.82. The zero-order valence-electron chi connectivity index (χ0n) is 11.3. The minimum Gasteiger partial charge on any atom is -0.489 e. The molecule has 1 aromatic rings. The van der Waals surface area contributed by atoms with Crippen molar-refractivity contribution in [1.82, 2.24) is 15.1 Å². The molecule has 0 radical (unpaired) electrons. The quantitative estimate of drug-likeness (QED) is 0.811. The predicted molar refractivity (Wildman–Crippen MR) is 67.4 cm³/mol. The predicted octanol–water partition coefficient (Wildman–Crippen LogP) is 0.798. The zero-order chi connectivity index (χ0) is 13.9. The molecule has 0 spiro atoms. The number of amides is 1. The van der Waals surface area contributed by atoms with E-state index in [1.165, 1.54) is 0 Å². The summed E-state index contributed by atoms with van der Waals surface area (Å²) < 4.78 is 16.1. The van der Waals surface area contributed by atoms with E-state index in [9.17, 15) is 4.79 Å². The van der Waals surface area contributed by atoms with E-state index in [-0.39, 0.29) is 24.7 Å². The number of aromatic nitrogens is 2. The average molecular weight is 279 g/mol. The largest absolute Gasteiger partial charge is 0.489 e. The first-order valence-electron chi connectivity index (χ1n) is 6.72. The smallest absolute Gasteiger partial charge is 0.263 e. The van der Waals surface area contributed by atoms with Crippen LogP contribution in [0.25, 0.3) is 0 Å². The molecule has 7 nitrogen and oxygen atoms in total.